The highest BCUT2D eigenvalue weighted by molar-refractivity contribution is 7.18. The molecule has 1 atom stereocenters. The molecule has 3 aromatic rings. The maximum absolute atomic E-state index is 12.6. The number of nitrogens with two attached hydrogens (primary N) is 1. The Hall–Kier alpha value is -3.06. The molecule has 2 aromatic carbocycles. The first-order chi connectivity index (χ1) is 16.0. The summed E-state index contributed by atoms with van der Waals surface area (Å²) in [7, 11) is 0. The van der Waals surface area contributed by atoms with Crippen molar-refractivity contribution in [3.05, 3.63) is 53.7 Å². The molecular formula is C26H30N4O2S. The van der Waals surface area contributed by atoms with Gasteiger partial charge in [-0.2, -0.15) is 0 Å². The lowest BCUT2D eigenvalue weighted by molar-refractivity contribution is 0.204. The molecule has 1 saturated heterocycles. The molecule has 2 aliphatic rings. The van der Waals surface area contributed by atoms with Gasteiger partial charge in [0.15, 0.2) is 0 Å². The van der Waals surface area contributed by atoms with Gasteiger partial charge in [-0.05, 0) is 74.4 Å². The van der Waals surface area contributed by atoms with Crippen LogP contribution in [0.3, 0.4) is 0 Å². The van der Waals surface area contributed by atoms with Crippen LogP contribution in [0.25, 0.3) is 21.0 Å². The average molecular weight is 463 g/mol. The first-order valence-corrected chi connectivity index (χ1v) is 12.5. The lowest BCUT2D eigenvalue weighted by atomic mass is 10.0. The zero-order chi connectivity index (χ0) is 22.9. The molecule has 33 heavy (non-hydrogen) atoms. The van der Waals surface area contributed by atoms with Crippen molar-refractivity contribution in [3.8, 4) is 26.8 Å². The Kier molecular flexibility index (Phi) is 5.98. The summed E-state index contributed by atoms with van der Waals surface area (Å²) in [6.45, 7) is 5.71. The van der Waals surface area contributed by atoms with Gasteiger partial charge in [0.2, 0.25) is 0 Å². The number of fused-ring (bicyclic) bond motifs is 1. The number of rotatable bonds is 5. The van der Waals surface area contributed by atoms with Gasteiger partial charge in [-0.1, -0.05) is 18.2 Å². The fraction of sp³-hybridized carbons (Fsp3) is 0.385. The minimum absolute atomic E-state index is 0.0679. The Morgan fingerprint density at radius 1 is 1.24 bits per heavy atom. The van der Waals surface area contributed by atoms with Crippen molar-refractivity contribution in [2.45, 2.75) is 51.7 Å². The summed E-state index contributed by atoms with van der Waals surface area (Å²) >= 11 is 1.67. The summed E-state index contributed by atoms with van der Waals surface area (Å²) < 4.78 is 5.76. The van der Waals surface area contributed by atoms with Gasteiger partial charge in [0.25, 0.3) is 0 Å². The molecule has 1 fully saturated rings. The van der Waals surface area contributed by atoms with E-state index in [4.69, 9.17) is 10.5 Å². The minimum atomic E-state index is 0.0679. The molecule has 172 valence electrons. The van der Waals surface area contributed by atoms with Gasteiger partial charge < -0.3 is 20.7 Å². The van der Waals surface area contributed by atoms with Crippen LogP contribution in [0.5, 0.6) is 5.75 Å². The van der Waals surface area contributed by atoms with E-state index in [2.05, 4.69) is 28.5 Å². The van der Waals surface area contributed by atoms with E-state index in [1.54, 1.807) is 11.3 Å². The van der Waals surface area contributed by atoms with Crippen LogP contribution < -0.4 is 15.8 Å². The predicted octanol–water partition coefficient (Wildman–Crippen LogP) is 5.64. The van der Waals surface area contributed by atoms with Crippen LogP contribution in [0.2, 0.25) is 0 Å². The van der Waals surface area contributed by atoms with Gasteiger partial charge in [-0.15, -0.1) is 11.3 Å². The van der Waals surface area contributed by atoms with Crippen LogP contribution in [0.4, 0.5) is 10.5 Å². The molecule has 7 heteroatoms. The molecule has 3 N–H and O–H groups in total. The lowest BCUT2D eigenvalue weighted by Gasteiger charge is -2.21. The van der Waals surface area contributed by atoms with Crippen LogP contribution in [0, 0.1) is 0 Å². The maximum Gasteiger partial charge on any atom is 0.317 e. The normalized spacial score (nSPS) is 17.4. The van der Waals surface area contributed by atoms with Crippen molar-refractivity contribution in [1.82, 2.24) is 15.2 Å². The third kappa shape index (κ3) is 4.42. The van der Waals surface area contributed by atoms with Crippen LogP contribution in [0.1, 0.15) is 50.3 Å². The molecule has 1 aliphatic carbocycles. The number of hydrogen-bond donors (Lipinski definition) is 2. The predicted molar refractivity (Wildman–Crippen MR) is 134 cm³/mol. The summed E-state index contributed by atoms with van der Waals surface area (Å²) in [6.07, 6.45) is 6.12. The minimum Gasteiger partial charge on any atom is -0.489 e. The number of nitrogens with one attached hydrogen (secondary N) is 1. The number of carbonyl (C=O) groups excluding carboxylic acids is 1. The molecule has 2 amide bonds. The third-order valence-corrected chi connectivity index (χ3v) is 7.43. The van der Waals surface area contributed by atoms with E-state index in [9.17, 15) is 4.79 Å². The molecule has 2 heterocycles. The highest BCUT2D eigenvalue weighted by Crippen LogP contribution is 2.41. The summed E-state index contributed by atoms with van der Waals surface area (Å²) in [5.41, 5.74) is 11.6. The molecule has 0 spiro atoms. The zero-order valence-corrected chi connectivity index (χ0v) is 20.0. The van der Waals surface area contributed by atoms with Crippen LogP contribution in [0.15, 0.2) is 42.6 Å². The molecule has 0 bridgehead atoms. The molecule has 0 saturated carbocycles. The van der Waals surface area contributed by atoms with Crippen molar-refractivity contribution < 1.29 is 9.53 Å². The summed E-state index contributed by atoms with van der Waals surface area (Å²) in [6, 6.07) is 12.4. The Bertz CT molecular complexity index is 1170. The fourth-order valence-corrected chi connectivity index (χ4v) is 5.74. The monoisotopic (exact) mass is 462 g/mol. The van der Waals surface area contributed by atoms with Gasteiger partial charge in [-0.25, -0.2) is 9.78 Å². The number of benzene rings is 2. The number of nitrogen functional groups attached to an aromatic ring is 1. The largest absolute Gasteiger partial charge is 0.489 e. The quantitative estimate of drug-likeness (QED) is 0.481. The third-order valence-electron chi connectivity index (χ3n) is 6.35. The highest BCUT2D eigenvalue weighted by atomic mass is 32.1. The zero-order valence-electron chi connectivity index (χ0n) is 19.1. The first-order valence-electron chi connectivity index (χ1n) is 11.7. The Morgan fingerprint density at radius 3 is 2.82 bits per heavy atom. The van der Waals surface area contributed by atoms with E-state index >= 15 is 0 Å². The van der Waals surface area contributed by atoms with Crippen molar-refractivity contribution in [1.29, 1.82) is 0 Å². The number of ether oxygens (including phenoxy) is 1. The number of hydrogen-bond acceptors (Lipinski definition) is 5. The Balaban J connectivity index is 1.37. The second-order valence-electron chi connectivity index (χ2n) is 9.06. The van der Waals surface area contributed by atoms with E-state index in [1.165, 1.54) is 16.7 Å². The van der Waals surface area contributed by atoms with E-state index in [1.807, 2.05) is 43.1 Å². The van der Waals surface area contributed by atoms with Gasteiger partial charge in [0.05, 0.1) is 22.7 Å². The average Bonchev–Trinajstić information content (AvgIpc) is 3.56. The number of likely N-dealkylation sites (tertiary alicyclic amines) is 1. The van der Waals surface area contributed by atoms with Crippen molar-refractivity contribution in [3.63, 3.8) is 0 Å². The van der Waals surface area contributed by atoms with Gasteiger partial charge in [0.1, 0.15) is 10.8 Å². The van der Waals surface area contributed by atoms with E-state index in [-0.39, 0.29) is 18.2 Å². The number of thiazole rings is 1. The van der Waals surface area contributed by atoms with Gasteiger partial charge in [0, 0.05) is 24.8 Å². The number of amides is 2. The molecule has 1 aromatic heterocycles. The van der Waals surface area contributed by atoms with Crippen LogP contribution in [-0.4, -0.2) is 35.1 Å². The summed E-state index contributed by atoms with van der Waals surface area (Å²) in [5, 5.41) is 4.19. The van der Waals surface area contributed by atoms with Crippen molar-refractivity contribution >= 4 is 23.1 Å². The number of carbonyl (C=O) groups is 1. The number of nitrogens with zero attached hydrogens (tertiary/aromatic N) is 2. The van der Waals surface area contributed by atoms with E-state index in [0.717, 1.165) is 54.2 Å². The van der Waals surface area contributed by atoms with Gasteiger partial charge >= 0.3 is 6.03 Å². The number of anilines is 1. The fourth-order valence-electron chi connectivity index (χ4n) is 4.77. The summed E-state index contributed by atoms with van der Waals surface area (Å²) in [4.78, 5) is 20.4. The van der Waals surface area contributed by atoms with Crippen LogP contribution >= 0.6 is 11.3 Å². The van der Waals surface area contributed by atoms with Gasteiger partial charge in [-0.3, -0.25) is 0 Å². The standard InChI is InChI=1S/C26H30N4O2S/c1-16(2)32-23-11-8-17(14-21(23)27)25-28-15-24(33-25)20-7-5-6-19-18(20)9-10-22(19)29-26(31)30-12-3-4-13-30/h5-8,11,14-16,22H,3-4,9-10,12-13,27H2,1-2H3,(H,29,31)/t22-/m0/s1. The molecule has 0 unspecified atom stereocenters. The molecular weight excluding hydrogens is 432 g/mol. The second kappa shape index (κ2) is 9.06. The molecule has 5 rings (SSSR count). The number of aromatic nitrogens is 1. The van der Waals surface area contributed by atoms with Crippen molar-refractivity contribution in [2.24, 2.45) is 0 Å². The summed E-state index contributed by atoms with van der Waals surface area (Å²) in [5.74, 6) is 0.702. The second-order valence-corrected chi connectivity index (χ2v) is 10.1. The van der Waals surface area contributed by atoms with E-state index < -0.39 is 0 Å². The molecule has 0 radical (unpaired) electrons. The lowest BCUT2D eigenvalue weighted by Crippen LogP contribution is -2.39. The van der Waals surface area contributed by atoms with Crippen LogP contribution in [-0.2, 0) is 6.42 Å². The molecule has 1 aliphatic heterocycles. The molecule has 6 nitrogen and oxygen atoms in total. The number of urea groups is 1. The highest BCUT2D eigenvalue weighted by Gasteiger charge is 2.29. The maximum atomic E-state index is 12.6. The first kappa shape index (κ1) is 21.8. The SMILES string of the molecule is CC(C)Oc1ccc(-c2ncc(-c3cccc4c3CC[C@@H]4NC(=O)N3CCCC3)s2)cc1N. The Labute approximate surface area is 198 Å². The Morgan fingerprint density at radius 2 is 2.06 bits per heavy atom. The smallest absolute Gasteiger partial charge is 0.317 e. The topological polar surface area (TPSA) is 80.5 Å². The van der Waals surface area contributed by atoms with Crippen molar-refractivity contribution in [2.75, 3.05) is 18.8 Å². The van der Waals surface area contributed by atoms with E-state index in [0.29, 0.717) is 11.4 Å².